The van der Waals surface area contributed by atoms with Crippen molar-refractivity contribution >= 4 is 62.4 Å². The fourth-order valence-corrected chi connectivity index (χ4v) is 6.20. The molecule has 3 aromatic rings. The molecule has 0 saturated carbocycles. The Morgan fingerprint density at radius 3 is 2.48 bits per heavy atom. The van der Waals surface area contributed by atoms with Crippen LogP contribution in [0, 0.1) is 0 Å². The molecule has 1 unspecified atom stereocenters. The van der Waals surface area contributed by atoms with Gasteiger partial charge in [0.25, 0.3) is 0 Å². The molecular formula is C25H24Cl2N2S2. The van der Waals surface area contributed by atoms with E-state index in [2.05, 4.69) is 48.2 Å². The van der Waals surface area contributed by atoms with E-state index in [-0.39, 0.29) is 10.7 Å². The third-order valence-corrected chi connectivity index (χ3v) is 8.33. The smallest absolute Gasteiger partial charge is 0.0793 e. The van der Waals surface area contributed by atoms with E-state index in [1.54, 1.807) is 11.8 Å². The summed E-state index contributed by atoms with van der Waals surface area (Å²) in [5.74, 6) is 0. The van der Waals surface area contributed by atoms with Crippen LogP contribution in [0.5, 0.6) is 0 Å². The first-order valence-corrected chi connectivity index (χ1v) is 13.2. The highest BCUT2D eigenvalue weighted by atomic mass is 35.5. The van der Waals surface area contributed by atoms with E-state index >= 15 is 0 Å². The van der Waals surface area contributed by atoms with Gasteiger partial charge in [-0.3, -0.25) is 4.72 Å². The number of hydrogen-bond acceptors (Lipinski definition) is 3. The van der Waals surface area contributed by atoms with E-state index in [9.17, 15) is 0 Å². The molecule has 0 radical (unpaired) electrons. The maximum Gasteiger partial charge on any atom is 0.0793 e. The summed E-state index contributed by atoms with van der Waals surface area (Å²) in [5.41, 5.74) is 4.04. The van der Waals surface area contributed by atoms with Gasteiger partial charge in [-0.1, -0.05) is 77.2 Å². The van der Waals surface area contributed by atoms with Crippen molar-refractivity contribution in [1.29, 1.82) is 0 Å². The molecule has 1 aliphatic rings. The molecule has 0 spiro atoms. The van der Waals surface area contributed by atoms with Crippen LogP contribution in [-0.2, 0) is 0 Å². The Hall–Kier alpha value is -1.56. The second-order valence-electron chi connectivity index (χ2n) is 7.16. The molecular weight excluding hydrogens is 463 g/mol. The van der Waals surface area contributed by atoms with E-state index in [1.807, 2.05) is 36.4 Å². The molecule has 0 bridgehead atoms. The monoisotopic (exact) mass is 486 g/mol. The second-order valence-corrected chi connectivity index (χ2v) is 11.0. The quantitative estimate of drug-likeness (QED) is 0.218. The van der Waals surface area contributed by atoms with Gasteiger partial charge in [0.2, 0.25) is 0 Å². The molecule has 1 atom stereocenters. The predicted molar refractivity (Wildman–Crippen MR) is 139 cm³/mol. The van der Waals surface area contributed by atoms with Gasteiger partial charge in [-0.2, -0.15) is 0 Å². The summed E-state index contributed by atoms with van der Waals surface area (Å²) in [7, 11) is -0.105. The average molecular weight is 488 g/mol. The highest BCUT2D eigenvalue weighted by Gasteiger charge is 2.20. The zero-order valence-electron chi connectivity index (χ0n) is 17.5. The van der Waals surface area contributed by atoms with Gasteiger partial charge in [0.15, 0.2) is 0 Å². The summed E-state index contributed by atoms with van der Waals surface area (Å²) in [5, 5.41) is 3.68. The van der Waals surface area contributed by atoms with Gasteiger partial charge in [0, 0.05) is 42.4 Å². The first-order valence-electron chi connectivity index (χ1n) is 10.3. The molecule has 160 valence electrons. The van der Waals surface area contributed by atoms with Gasteiger partial charge < -0.3 is 0 Å². The zero-order valence-corrected chi connectivity index (χ0v) is 20.6. The van der Waals surface area contributed by atoms with Gasteiger partial charge in [0.05, 0.1) is 11.4 Å². The fraction of sp³-hybridized carbons (Fsp3) is 0.200. The van der Waals surface area contributed by atoms with Gasteiger partial charge in [-0.15, -0.1) is 0 Å². The van der Waals surface area contributed by atoms with E-state index in [0.717, 1.165) is 43.9 Å². The zero-order chi connectivity index (χ0) is 21.8. The summed E-state index contributed by atoms with van der Waals surface area (Å²) in [6.07, 6.45) is 2.36. The lowest BCUT2D eigenvalue weighted by molar-refractivity contribution is 0.775. The Morgan fingerprint density at radius 2 is 1.74 bits per heavy atom. The number of nitrogens with zero attached hydrogens (tertiary/aromatic N) is 1. The SMILES string of the molecule is C/C=S(/NCCCC)c1ccc2c(c1)N=C(c1ccc(Cl)cc1)c1ccc(Cl)cc1S2. The van der Waals surface area contributed by atoms with Crippen LogP contribution in [0.25, 0.3) is 0 Å². The molecule has 0 aliphatic carbocycles. The third-order valence-electron chi connectivity index (χ3n) is 4.98. The summed E-state index contributed by atoms with van der Waals surface area (Å²) in [6, 6.07) is 20.5. The van der Waals surface area contributed by atoms with Crippen LogP contribution < -0.4 is 4.72 Å². The largest absolute Gasteiger partial charge is 0.266 e. The number of nitrogens with one attached hydrogen (secondary N) is 1. The average Bonchev–Trinajstić information content (AvgIpc) is 2.93. The third kappa shape index (κ3) is 5.27. The minimum Gasteiger partial charge on any atom is -0.266 e. The van der Waals surface area contributed by atoms with Crippen LogP contribution in [0.4, 0.5) is 5.69 Å². The number of halogens is 2. The summed E-state index contributed by atoms with van der Waals surface area (Å²) < 4.78 is 3.67. The molecule has 0 saturated heterocycles. The molecule has 0 aromatic heterocycles. The molecule has 0 fully saturated rings. The Balaban J connectivity index is 1.82. The number of benzene rings is 3. The minimum atomic E-state index is -0.105. The molecule has 3 aromatic carbocycles. The molecule has 1 aliphatic heterocycles. The van der Waals surface area contributed by atoms with Crippen LogP contribution in [-0.4, -0.2) is 17.6 Å². The summed E-state index contributed by atoms with van der Waals surface area (Å²) in [6.45, 7) is 5.34. The van der Waals surface area contributed by atoms with Gasteiger partial charge >= 0.3 is 0 Å². The van der Waals surface area contributed by atoms with Crippen LogP contribution >= 0.6 is 45.6 Å². The molecule has 1 heterocycles. The molecule has 4 rings (SSSR count). The lowest BCUT2D eigenvalue weighted by Gasteiger charge is -2.13. The minimum absolute atomic E-state index is 0.105. The second kappa shape index (κ2) is 10.4. The van der Waals surface area contributed by atoms with Gasteiger partial charge in [-0.05, 0) is 61.2 Å². The molecule has 2 nitrogen and oxygen atoms in total. The van der Waals surface area contributed by atoms with E-state index in [0.29, 0.717) is 5.02 Å². The Kier molecular flexibility index (Phi) is 7.57. The van der Waals surface area contributed by atoms with Crippen LogP contribution in [0.3, 0.4) is 0 Å². The molecule has 6 heteroatoms. The molecule has 1 N–H and O–H groups in total. The van der Waals surface area contributed by atoms with E-state index in [4.69, 9.17) is 28.2 Å². The van der Waals surface area contributed by atoms with Gasteiger partial charge in [-0.25, -0.2) is 4.99 Å². The lowest BCUT2D eigenvalue weighted by atomic mass is 10.0. The molecule has 31 heavy (non-hydrogen) atoms. The highest BCUT2D eigenvalue weighted by Crippen LogP contribution is 2.44. The highest BCUT2D eigenvalue weighted by molar-refractivity contribution is 8.13. The Labute approximate surface area is 201 Å². The van der Waals surface area contributed by atoms with Crippen molar-refractivity contribution in [2.75, 3.05) is 6.54 Å². The van der Waals surface area contributed by atoms with Gasteiger partial charge in [0.1, 0.15) is 0 Å². The van der Waals surface area contributed by atoms with Crippen molar-refractivity contribution in [3.8, 4) is 0 Å². The number of hydrogen-bond donors (Lipinski definition) is 1. The fourth-order valence-electron chi connectivity index (χ4n) is 3.37. The van der Waals surface area contributed by atoms with Crippen LogP contribution in [0.2, 0.25) is 10.0 Å². The normalized spacial score (nSPS) is 13.9. The van der Waals surface area contributed by atoms with E-state index in [1.165, 1.54) is 17.7 Å². The predicted octanol–water partition coefficient (Wildman–Crippen LogP) is 8.38. The first-order chi connectivity index (χ1) is 15.1. The maximum atomic E-state index is 6.34. The van der Waals surface area contributed by atoms with E-state index < -0.39 is 0 Å². The van der Waals surface area contributed by atoms with Crippen molar-refractivity contribution in [2.24, 2.45) is 4.99 Å². The first kappa shape index (κ1) is 22.6. The number of fused-ring (bicyclic) bond motifs is 2. The number of unbranched alkanes of at least 4 members (excludes halogenated alkanes) is 1. The van der Waals surface area contributed by atoms with Crippen molar-refractivity contribution < 1.29 is 0 Å². The van der Waals surface area contributed by atoms with Crippen LogP contribution in [0.15, 0.2) is 80.3 Å². The van der Waals surface area contributed by atoms with Crippen molar-refractivity contribution in [3.63, 3.8) is 0 Å². The molecule has 0 amide bonds. The maximum absolute atomic E-state index is 6.34. The van der Waals surface area contributed by atoms with Crippen LogP contribution in [0.1, 0.15) is 37.8 Å². The summed E-state index contributed by atoms with van der Waals surface area (Å²) in [4.78, 5) is 8.64. The van der Waals surface area contributed by atoms with Crippen molar-refractivity contribution in [3.05, 3.63) is 81.8 Å². The Bertz CT molecular complexity index is 1150. The summed E-state index contributed by atoms with van der Waals surface area (Å²) >= 11 is 14.2. The van der Waals surface area contributed by atoms with Crippen molar-refractivity contribution in [2.45, 2.75) is 41.4 Å². The number of rotatable bonds is 6. The topological polar surface area (TPSA) is 24.4 Å². The van der Waals surface area contributed by atoms with Crippen molar-refractivity contribution in [1.82, 2.24) is 4.72 Å². The number of aliphatic imine (C=N–C) groups is 1. The standard InChI is InChI=1S/C25H24Cl2N2S2/c1-3-5-14-28-31(4-2)20-11-13-23-22(16-20)29-25(17-6-8-18(26)9-7-17)21-12-10-19(27)15-24(21)30-23/h4,6-13,15-16,28H,3,5,14H2,1-2H3. The Morgan fingerprint density at radius 1 is 0.968 bits per heavy atom. The lowest BCUT2D eigenvalue weighted by Crippen LogP contribution is -2.08.